The third-order valence-electron chi connectivity index (χ3n) is 3.67. The molecule has 0 aromatic carbocycles. The number of nitrogens with one attached hydrogen (secondary N) is 1. The highest BCUT2D eigenvalue weighted by molar-refractivity contribution is 7.07. The fourth-order valence-electron chi connectivity index (χ4n) is 2.51. The van der Waals surface area contributed by atoms with E-state index in [4.69, 9.17) is 0 Å². The lowest BCUT2D eigenvalue weighted by molar-refractivity contribution is 0.0628. The third-order valence-corrected chi connectivity index (χ3v) is 4.40. The van der Waals surface area contributed by atoms with E-state index in [9.17, 15) is 9.59 Å². The topological polar surface area (TPSA) is 56.4 Å². The number of pyridine rings is 1. The summed E-state index contributed by atoms with van der Waals surface area (Å²) >= 11 is 1.71. The number of carbonyl (C=O) groups excluding carboxylic acids is 1. The third kappa shape index (κ3) is 3.40. The van der Waals surface area contributed by atoms with Crippen molar-refractivity contribution >= 4 is 17.2 Å². The first-order valence-corrected chi connectivity index (χ1v) is 7.88. The minimum Gasteiger partial charge on any atom is -0.336 e. The van der Waals surface area contributed by atoms with Gasteiger partial charge in [-0.15, -0.1) is 0 Å². The molecule has 0 spiro atoms. The molecule has 2 aromatic heterocycles. The maximum absolute atomic E-state index is 12.3. The van der Waals surface area contributed by atoms with Crippen LogP contribution in [0.4, 0.5) is 0 Å². The lowest BCUT2D eigenvalue weighted by Crippen LogP contribution is -2.48. The highest BCUT2D eigenvalue weighted by atomic mass is 32.1. The molecular formula is C15H17N3O2S. The summed E-state index contributed by atoms with van der Waals surface area (Å²) in [7, 11) is 0. The van der Waals surface area contributed by atoms with Gasteiger partial charge in [-0.05, 0) is 28.5 Å². The Kier molecular flexibility index (Phi) is 4.17. The zero-order valence-electron chi connectivity index (χ0n) is 11.6. The molecule has 3 rings (SSSR count). The van der Waals surface area contributed by atoms with E-state index in [1.54, 1.807) is 17.4 Å². The Balaban J connectivity index is 1.58. The van der Waals surface area contributed by atoms with Crippen LogP contribution < -0.4 is 5.56 Å². The standard InChI is InChI=1S/C15H17N3O2S/c19-14-9-13(1-3-16-14)15(20)18-6-4-17(5-7-18)10-12-2-8-21-11-12/h1-3,8-9,11H,4-7,10H2,(H,16,19). The van der Waals surface area contributed by atoms with Crippen LogP contribution in [0.15, 0.2) is 40.0 Å². The summed E-state index contributed by atoms with van der Waals surface area (Å²) in [6.45, 7) is 4.08. The molecule has 0 bridgehead atoms. The summed E-state index contributed by atoms with van der Waals surface area (Å²) in [6, 6.07) is 5.15. The number of nitrogens with zero attached hydrogens (tertiary/aromatic N) is 2. The number of H-pyrrole nitrogens is 1. The number of rotatable bonds is 3. The summed E-state index contributed by atoms with van der Waals surface area (Å²) in [5.74, 6) is -0.0590. The largest absolute Gasteiger partial charge is 0.336 e. The molecule has 1 saturated heterocycles. The van der Waals surface area contributed by atoms with E-state index >= 15 is 0 Å². The summed E-state index contributed by atoms with van der Waals surface area (Å²) in [4.78, 5) is 30.3. The van der Waals surface area contributed by atoms with E-state index in [2.05, 4.69) is 26.7 Å². The van der Waals surface area contributed by atoms with Gasteiger partial charge in [-0.25, -0.2) is 0 Å². The molecule has 0 unspecified atom stereocenters. The van der Waals surface area contributed by atoms with Crippen LogP contribution >= 0.6 is 11.3 Å². The number of hydrogen-bond acceptors (Lipinski definition) is 4. The molecular weight excluding hydrogens is 286 g/mol. The number of aromatic nitrogens is 1. The molecule has 1 amide bonds. The summed E-state index contributed by atoms with van der Waals surface area (Å²) in [5.41, 5.74) is 1.55. The van der Waals surface area contributed by atoms with Crippen molar-refractivity contribution in [2.45, 2.75) is 6.54 Å². The van der Waals surface area contributed by atoms with Crippen molar-refractivity contribution in [2.24, 2.45) is 0 Å². The van der Waals surface area contributed by atoms with E-state index in [0.717, 1.165) is 19.6 Å². The molecule has 0 aliphatic carbocycles. The van der Waals surface area contributed by atoms with Gasteiger partial charge in [0.25, 0.3) is 5.91 Å². The van der Waals surface area contributed by atoms with Gasteiger partial charge in [-0.2, -0.15) is 11.3 Å². The van der Waals surface area contributed by atoms with Crippen LogP contribution in [0.1, 0.15) is 15.9 Å². The quantitative estimate of drug-likeness (QED) is 0.932. The molecule has 1 aliphatic rings. The van der Waals surface area contributed by atoms with Crippen molar-refractivity contribution in [2.75, 3.05) is 26.2 Å². The zero-order chi connectivity index (χ0) is 14.7. The minimum atomic E-state index is -0.239. The number of piperazine rings is 1. The lowest BCUT2D eigenvalue weighted by atomic mass is 10.2. The molecule has 1 fully saturated rings. The Labute approximate surface area is 126 Å². The Hall–Kier alpha value is -1.92. The van der Waals surface area contributed by atoms with E-state index in [1.165, 1.54) is 17.8 Å². The average molecular weight is 303 g/mol. The van der Waals surface area contributed by atoms with Gasteiger partial charge in [-0.3, -0.25) is 14.5 Å². The van der Waals surface area contributed by atoms with Crippen LogP contribution in [0.3, 0.4) is 0 Å². The molecule has 0 saturated carbocycles. The molecule has 110 valence electrons. The van der Waals surface area contributed by atoms with Crippen molar-refractivity contribution < 1.29 is 4.79 Å². The molecule has 3 heterocycles. The van der Waals surface area contributed by atoms with Gasteiger partial charge in [0.15, 0.2) is 0 Å². The molecule has 0 atom stereocenters. The van der Waals surface area contributed by atoms with Crippen molar-refractivity contribution in [1.29, 1.82) is 0 Å². The van der Waals surface area contributed by atoms with Gasteiger partial charge < -0.3 is 9.88 Å². The van der Waals surface area contributed by atoms with Crippen molar-refractivity contribution in [3.8, 4) is 0 Å². The lowest BCUT2D eigenvalue weighted by Gasteiger charge is -2.34. The SMILES string of the molecule is O=C(c1cc[nH]c(=O)c1)N1CCN(Cc2ccsc2)CC1. The van der Waals surface area contributed by atoms with E-state index in [0.29, 0.717) is 18.7 Å². The first-order chi connectivity index (χ1) is 10.2. The molecule has 21 heavy (non-hydrogen) atoms. The molecule has 1 aliphatic heterocycles. The van der Waals surface area contributed by atoms with Crippen LogP contribution in [-0.4, -0.2) is 46.9 Å². The first kappa shape index (κ1) is 14.0. The van der Waals surface area contributed by atoms with Gasteiger partial charge in [0.05, 0.1) is 0 Å². The Morgan fingerprint density at radius 2 is 2.05 bits per heavy atom. The van der Waals surface area contributed by atoms with Gasteiger partial charge in [-0.1, -0.05) is 0 Å². The molecule has 5 nitrogen and oxygen atoms in total. The van der Waals surface area contributed by atoms with Crippen molar-refractivity contribution in [3.63, 3.8) is 0 Å². The van der Waals surface area contributed by atoms with Gasteiger partial charge in [0, 0.05) is 50.6 Å². The summed E-state index contributed by atoms with van der Waals surface area (Å²) < 4.78 is 0. The minimum absolute atomic E-state index is 0.0590. The van der Waals surface area contributed by atoms with Crippen LogP contribution in [0.5, 0.6) is 0 Å². The van der Waals surface area contributed by atoms with E-state index in [1.807, 2.05) is 4.90 Å². The number of aromatic amines is 1. The second-order valence-electron chi connectivity index (χ2n) is 5.14. The van der Waals surface area contributed by atoms with Crippen molar-refractivity contribution in [3.05, 3.63) is 56.6 Å². The van der Waals surface area contributed by atoms with Gasteiger partial charge >= 0.3 is 0 Å². The maximum atomic E-state index is 12.3. The normalized spacial score (nSPS) is 16.1. The number of amides is 1. The Bertz CT molecular complexity index is 658. The van der Waals surface area contributed by atoms with Gasteiger partial charge in [0.1, 0.15) is 0 Å². The van der Waals surface area contributed by atoms with E-state index in [-0.39, 0.29) is 11.5 Å². The molecule has 2 aromatic rings. The first-order valence-electron chi connectivity index (χ1n) is 6.94. The van der Waals surface area contributed by atoms with E-state index < -0.39 is 0 Å². The number of thiophene rings is 1. The van der Waals surface area contributed by atoms with Crippen LogP contribution in [0.25, 0.3) is 0 Å². The molecule has 0 radical (unpaired) electrons. The Morgan fingerprint density at radius 3 is 2.71 bits per heavy atom. The maximum Gasteiger partial charge on any atom is 0.254 e. The summed E-state index contributed by atoms with van der Waals surface area (Å²) in [5, 5.41) is 4.25. The zero-order valence-corrected chi connectivity index (χ0v) is 12.4. The number of hydrogen-bond donors (Lipinski definition) is 1. The van der Waals surface area contributed by atoms with Crippen LogP contribution in [0.2, 0.25) is 0 Å². The summed E-state index contributed by atoms with van der Waals surface area (Å²) in [6.07, 6.45) is 1.52. The fourth-order valence-corrected chi connectivity index (χ4v) is 3.17. The predicted molar refractivity (Wildman–Crippen MR) is 82.6 cm³/mol. The second kappa shape index (κ2) is 6.24. The van der Waals surface area contributed by atoms with Crippen LogP contribution in [-0.2, 0) is 6.54 Å². The molecule has 1 N–H and O–H groups in total. The predicted octanol–water partition coefficient (Wildman–Crippen LogP) is 1.39. The number of carbonyl (C=O) groups is 1. The fraction of sp³-hybridized carbons (Fsp3) is 0.333. The Morgan fingerprint density at radius 1 is 1.24 bits per heavy atom. The van der Waals surface area contributed by atoms with Gasteiger partial charge in [0.2, 0.25) is 5.56 Å². The second-order valence-corrected chi connectivity index (χ2v) is 5.92. The highest BCUT2D eigenvalue weighted by Gasteiger charge is 2.22. The van der Waals surface area contributed by atoms with Crippen LogP contribution in [0, 0.1) is 0 Å². The smallest absolute Gasteiger partial charge is 0.254 e. The van der Waals surface area contributed by atoms with Crippen molar-refractivity contribution in [1.82, 2.24) is 14.8 Å². The highest BCUT2D eigenvalue weighted by Crippen LogP contribution is 2.12. The average Bonchev–Trinajstić information content (AvgIpc) is 3.00. The monoisotopic (exact) mass is 303 g/mol. The molecule has 6 heteroatoms.